The second-order valence-corrected chi connectivity index (χ2v) is 6.76. The highest BCUT2D eigenvalue weighted by Gasteiger charge is 2.13. The Hall–Kier alpha value is -2.14. The third-order valence-corrected chi connectivity index (χ3v) is 4.62. The van der Waals surface area contributed by atoms with Gasteiger partial charge in [-0.2, -0.15) is 5.10 Å². The molecule has 2 nitrogen and oxygen atoms in total. The molecular formula is C20H15IN2. The average molecular weight is 410 g/mol. The molecule has 0 radical (unpaired) electrons. The molecular weight excluding hydrogens is 395 g/mol. The number of hydrogen-bond acceptors (Lipinski definition) is 1. The van der Waals surface area contributed by atoms with Crippen LogP contribution in [0.15, 0.2) is 78.9 Å². The van der Waals surface area contributed by atoms with Crippen molar-refractivity contribution in [2.75, 3.05) is 0 Å². The van der Waals surface area contributed by atoms with E-state index in [0.717, 1.165) is 17.6 Å². The van der Waals surface area contributed by atoms with Gasteiger partial charge >= 0.3 is 0 Å². The first kappa shape index (κ1) is 14.5. The zero-order valence-electron chi connectivity index (χ0n) is 12.5. The van der Waals surface area contributed by atoms with Crippen molar-refractivity contribution < 1.29 is 0 Å². The van der Waals surface area contributed by atoms with Gasteiger partial charge in [0.05, 0.1) is 16.9 Å². The highest BCUT2D eigenvalue weighted by atomic mass is 127. The van der Waals surface area contributed by atoms with Crippen LogP contribution in [-0.2, 0) is 6.42 Å². The maximum absolute atomic E-state index is 4.85. The summed E-state index contributed by atoms with van der Waals surface area (Å²) in [5.74, 6) is 0. The minimum atomic E-state index is 0.868. The van der Waals surface area contributed by atoms with Gasteiger partial charge < -0.3 is 0 Å². The molecule has 0 saturated carbocycles. The van der Waals surface area contributed by atoms with Crippen molar-refractivity contribution in [1.82, 2.24) is 9.78 Å². The fourth-order valence-corrected chi connectivity index (χ4v) is 3.33. The van der Waals surface area contributed by atoms with Crippen molar-refractivity contribution >= 4 is 33.5 Å². The van der Waals surface area contributed by atoms with Crippen LogP contribution in [0.1, 0.15) is 11.3 Å². The van der Waals surface area contributed by atoms with E-state index >= 15 is 0 Å². The van der Waals surface area contributed by atoms with E-state index in [1.807, 2.05) is 6.07 Å². The van der Waals surface area contributed by atoms with Gasteiger partial charge in [-0.05, 0) is 58.5 Å². The van der Waals surface area contributed by atoms with E-state index in [9.17, 15) is 0 Å². The van der Waals surface area contributed by atoms with Gasteiger partial charge in [-0.1, -0.05) is 48.5 Å². The van der Waals surface area contributed by atoms with Gasteiger partial charge in [-0.3, -0.25) is 0 Å². The summed E-state index contributed by atoms with van der Waals surface area (Å²) in [7, 11) is 0. The monoisotopic (exact) mass is 410 g/mol. The average Bonchev–Trinajstić information content (AvgIpc) is 2.94. The molecule has 0 aliphatic carbocycles. The van der Waals surface area contributed by atoms with Crippen LogP contribution in [0.4, 0.5) is 0 Å². The molecule has 0 unspecified atom stereocenters. The van der Waals surface area contributed by atoms with E-state index in [2.05, 4.69) is 100 Å². The molecule has 0 saturated heterocycles. The summed E-state index contributed by atoms with van der Waals surface area (Å²) in [5, 5.41) is 6.07. The van der Waals surface area contributed by atoms with Gasteiger partial charge in [0, 0.05) is 15.4 Å². The molecule has 0 spiro atoms. The van der Waals surface area contributed by atoms with Gasteiger partial charge in [-0.15, -0.1) is 0 Å². The highest BCUT2D eigenvalue weighted by Crippen LogP contribution is 2.25. The number of nitrogens with zero attached hydrogens (tertiary/aromatic N) is 2. The Morgan fingerprint density at radius 3 is 2.26 bits per heavy atom. The second-order valence-electron chi connectivity index (χ2n) is 5.52. The number of halogens is 1. The molecule has 23 heavy (non-hydrogen) atoms. The molecule has 0 fully saturated rings. The Bertz CT molecular complexity index is 943. The molecule has 112 valence electrons. The third kappa shape index (κ3) is 2.88. The first-order chi connectivity index (χ1) is 11.3. The summed E-state index contributed by atoms with van der Waals surface area (Å²) < 4.78 is 3.28. The number of fused-ring (bicyclic) bond motifs is 1. The van der Waals surface area contributed by atoms with Crippen molar-refractivity contribution in [2.45, 2.75) is 6.42 Å². The van der Waals surface area contributed by atoms with Crippen molar-refractivity contribution in [3.05, 3.63) is 93.7 Å². The van der Waals surface area contributed by atoms with E-state index in [1.54, 1.807) is 0 Å². The van der Waals surface area contributed by atoms with E-state index in [4.69, 9.17) is 5.10 Å². The number of rotatable bonds is 3. The van der Waals surface area contributed by atoms with E-state index in [1.165, 1.54) is 20.2 Å². The number of aromatic nitrogens is 2. The van der Waals surface area contributed by atoms with E-state index < -0.39 is 0 Å². The van der Waals surface area contributed by atoms with E-state index in [-0.39, 0.29) is 0 Å². The maximum atomic E-state index is 4.85. The summed E-state index contributed by atoms with van der Waals surface area (Å²) in [6, 6.07) is 27.4. The van der Waals surface area contributed by atoms with Gasteiger partial charge in [0.25, 0.3) is 0 Å². The van der Waals surface area contributed by atoms with Crippen LogP contribution in [0.2, 0.25) is 0 Å². The molecule has 0 N–H and O–H groups in total. The Labute approximate surface area is 148 Å². The van der Waals surface area contributed by atoms with Crippen molar-refractivity contribution in [2.24, 2.45) is 0 Å². The van der Waals surface area contributed by atoms with Crippen LogP contribution in [0.25, 0.3) is 16.6 Å². The lowest BCUT2D eigenvalue weighted by Gasteiger charge is -2.08. The zero-order chi connectivity index (χ0) is 15.6. The second kappa shape index (κ2) is 6.16. The molecule has 0 aliphatic heterocycles. The Kier molecular flexibility index (Phi) is 3.87. The molecule has 3 aromatic carbocycles. The van der Waals surface area contributed by atoms with Gasteiger partial charge in [0.2, 0.25) is 0 Å². The highest BCUT2D eigenvalue weighted by molar-refractivity contribution is 14.1. The third-order valence-electron chi connectivity index (χ3n) is 3.95. The first-order valence-corrected chi connectivity index (χ1v) is 8.66. The predicted octanol–water partition coefficient (Wildman–Crippen LogP) is 5.22. The predicted molar refractivity (Wildman–Crippen MR) is 103 cm³/mol. The largest absolute Gasteiger partial charge is 0.236 e. The smallest absolute Gasteiger partial charge is 0.0941 e. The van der Waals surface area contributed by atoms with Crippen LogP contribution in [0.3, 0.4) is 0 Å². The fourth-order valence-electron chi connectivity index (χ4n) is 2.86. The lowest BCUT2D eigenvalue weighted by molar-refractivity contribution is 0.836. The van der Waals surface area contributed by atoms with Crippen LogP contribution in [-0.4, -0.2) is 9.78 Å². The van der Waals surface area contributed by atoms with Crippen molar-refractivity contribution in [3.63, 3.8) is 0 Å². The van der Waals surface area contributed by atoms with Gasteiger partial charge in [0.15, 0.2) is 0 Å². The van der Waals surface area contributed by atoms with Gasteiger partial charge in [-0.25, -0.2) is 4.68 Å². The van der Waals surface area contributed by atoms with Crippen LogP contribution in [0.5, 0.6) is 0 Å². The Morgan fingerprint density at radius 2 is 1.52 bits per heavy atom. The summed E-state index contributed by atoms with van der Waals surface area (Å²) in [5.41, 5.74) is 4.68. The van der Waals surface area contributed by atoms with Crippen LogP contribution in [0, 0.1) is 3.57 Å². The molecule has 1 aromatic heterocycles. The van der Waals surface area contributed by atoms with Gasteiger partial charge in [0.1, 0.15) is 0 Å². The lowest BCUT2D eigenvalue weighted by Crippen LogP contribution is -2.02. The minimum absolute atomic E-state index is 0.868. The molecule has 0 atom stereocenters. The quantitative estimate of drug-likeness (QED) is 0.424. The summed E-state index contributed by atoms with van der Waals surface area (Å²) in [6.45, 7) is 0. The molecule has 4 rings (SSSR count). The Balaban J connectivity index is 1.92. The summed E-state index contributed by atoms with van der Waals surface area (Å²) >= 11 is 2.34. The first-order valence-electron chi connectivity index (χ1n) is 7.58. The van der Waals surface area contributed by atoms with E-state index in [0.29, 0.717) is 0 Å². The lowest BCUT2D eigenvalue weighted by atomic mass is 10.1. The molecule has 0 bridgehead atoms. The molecule has 0 aliphatic rings. The van der Waals surface area contributed by atoms with Crippen LogP contribution < -0.4 is 0 Å². The molecule has 1 heterocycles. The number of benzene rings is 3. The molecule has 0 amide bonds. The minimum Gasteiger partial charge on any atom is -0.236 e. The topological polar surface area (TPSA) is 17.8 Å². The van der Waals surface area contributed by atoms with Crippen LogP contribution >= 0.6 is 22.6 Å². The normalized spacial score (nSPS) is 11.0. The molecule has 4 aromatic rings. The maximum Gasteiger partial charge on any atom is 0.0941 e. The number of para-hydroxylation sites is 1. The zero-order valence-corrected chi connectivity index (χ0v) is 14.6. The SMILES string of the molecule is Ic1ccc2c(Cc3ccccc3)n(-c3ccccc3)nc2c1. The van der Waals surface area contributed by atoms with Crippen molar-refractivity contribution in [3.8, 4) is 5.69 Å². The molecule has 3 heteroatoms. The standard InChI is InChI=1S/C20H15IN2/c21-16-11-12-18-19(14-16)22-23(17-9-5-2-6-10-17)20(18)13-15-7-3-1-4-8-15/h1-12,14H,13H2. The summed E-state index contributed by atoms with van der Waals surface area (Å²) in [6.07, 6.45) is 0.868. The Morgan fingerprint density at radius 1 is 0.826 bits per heavy atom. The number of hydrogen-bond donors (Lipinski definition) is 0. The summed E-state index contributed by atoms with van der Waals surface area (Å²) in [4.78, 5) is 0. The fraction of sp³-hybridized carbons (Fsp3) is 0.0500. The van der Waals surface area contributed by atoms with Crippen molar-refractivity contribution in [1.29, 1.82) is 0 Å².